The quantitative estimate of drug-likeness (QED) is 0.760. The average molecular weight is 305 g/mol. The number of primary amides is 1. The Morgan fingerprint density at radius 1 is 1.36 bits per heavy atom. The highest BCUT2D eigenvalue weighted by molar-refractivity contribution is 5.97. The number of urea groups is 1. The maximum Gasteiger partial charge on any atom is 0.319 e. The second-order valence-electron chi connectivity index (χ2n) is 4.78. The molecule has 22 heavy (non-hydrogen) atoms. The Bertz CT molecular complexity index is 640. The second kappa shape index (κ2) is 6.38. The van der Waals surface area contributed by atoms with E-state index < -0.39 is 11.9 Å². The van der Waals surface area contributed by atoms with Gasteiger partial charge in [0.15, 0.2) is 11.5 Å². The van der Waals surface area contributed by atoms with E-state index in [-0.39, 0.29) is 6.03 Å². The van der Waals surface area contributed by atoms with Gasteiger partial charge in [0.25, 0.3) is 0 Å². The van der Waals surface area contributed by atoms with Crippen molar-refractivity contribution in [3.63, 3.8) is 0 Å². The van der Waals surface area contributed by atoms with E-state index in [1.54, 1.807) is 25.1 Å². The van der Waals surface area contributed by atoms with E-state index in [2.05, 4.69) is 10.6 Å². The molecule has 1 aromatic rings. The van der Waals surface area contributed by atoms with Crippen LogP contribution in [-0.2, 0) is 4.79 Å². The number of benzene rings is 1. The van der Waals surface area contributed by atoms with Gasteiger partial charge in [0.2, 0.25) is 5.91 Å². The van der Waals surface area contributed by atoms with E-state index in [0.29, 0.717) is 34.9 Å². The monoisotopic (exact) mass is 305 g/mol. The van der Waals surface area contributed by atoms with Crippen LogP contribution in [0.25, 0.3) is 0 Å². The highest BCUT2D eigenvalue weighted by Crippen LogP contribution is 2.33. The van der Waals surface area contributed by atoms with Crippen molar-refractivity contribution in [2.75, 3.05) is 13.7 Å². The molecule has 1 heterocycles. The Morgan fingerprint density at radius 3 is 2.68 bits per heavy atom. The largest absolute Gasteiger partial charge is 0.493 e. The molecule has 3 amide bonds. The number of ether oxygens (including phenoxy) is 2. The minimum Gasteiger partial charge on any atom is -0.493 e. The van der Waals surface area contributed by atoms with Gasteiger partial charge in [-0.2, -0.15) is 0 Å². The van der Waals surface area contributed by atoms with Crippen molar-refractivity contribution in [2.24, 2.45) is 5.73 Å². The zero-order valence-electron chi connectivity index (χ0n) is 12.7. The summed E-state index contributed by atoms with van der Waals surface area (Å²) >= 11 is 0. The summed E-state index contributed by atoms with van der Waals surface area (Å²) in [6, 6.07) is 4.20. The summed E-state index contributed by atoms with van der Waals surface area (Å²) in [5, 5.41) is 5.24. The van der Waals surface area contributed by atoms with Crippen molar-refractivity contribution in [1.29, 1.82) is 0 Å². The van der Waals surface area contributed by atoms with Crippen molar-refractivity contribution in [1.82, 2.24) is 10.6 Å². The fraction of sp³-hybridized carbons (Fsp3) is 0.333. The van der Waals surface area contributed by atoms with Crippen molar-refractivity contribution >= 4 is 11.9 Å². The molecular weight excluding hydrogens is 286 g/mol. The SMILES string of the molecule is CCOc1ccc(C2NC(=O)NC(C)=C2C(N)=O)cc1OC. The van der Waals surface area contributed by atoms with Crippen LogP contribution >= 0.6 is 0 Å². The van der Waals surface area contributed by atoms with E-state index in [4.69, 9.17) is 15.2 Å². The number of amides is 3. The first-order valence-electron chi connectivity index (χ1n) is 6.86. The van der Waals surface area contributed by atoms with E-state index in [1.807, 2.05) is 6.92 Å². The molecule has 1 aromatic carbocycles. The number of rotatable bonds is 5. The molecule has 0 radical (unpaired) electrons. The van der Waals surface area contributed by atoms with Crippen LogP contribution in [0, 0.1) is 0 Å². The van der Waals surface area contributed by atoms with Gasteiger partial charge >= 0.3 is 6.03 Å². The van der Waals surface area contributed by atoms with Gasteiger partial charge in [-0.1, -0.05) is 6.07 Å². The highest BCUT2D eigenvalue weighted by atomic mass is 16.5. The molecule has 0 aromatic heterocycles. The molecule has 1 aliphatic heterocycles. The fourth-order valence-electron chi connectivity index (χ4n) is 2.41. The summed E-state index contributed by atoms with van der Waals surface area (Å²) in [5.74, 6) is 0.520. The van der Waals surface area contributed by atoms with Crippen molar-refractivity contribution in [3.05, 3.63) is 35.0 Å². The Labute approximate surface area is 128 Å². The molecule has 1 atom stereocenters. The Balaban J connectivity index is 2.47. The second-order valence-corrected chi connectivity index (χ2v) is 4.78. The van der Waals surface area contributed by atoms with Crippen molar-refractivity contribution in [2.45, 2.75) is 19.9 Å². The summed E-state index contributed by atoms with van der Waals surface area (Å²) in [6.45, 7) is 4.01. The predicted molar refractivity (Wildman–Crippen MR) is 80.5 cm³/mol. The molecule has 0 spiro atoms. The maximum absolute atomic E-state index is 11.7. The van der Waals surface area contributed by atoms with Crippen molar-refractivity contribution in [3.8, 4) is 11.5 Å². The molecule has 118 valence electrons. The van der Waals surface area contributed by atoms with Crippen LogP contribution in [0.15, 0.2) is 29.5 Å². The number of methoxy groups -OCH3 is 1. The minimum atomic E-state index is -0.629. The normalized spacial score (nSPS) is 17.6. The summed E-state index contributed by atoms with van der Waals surface area (Å²) in [7, 11) is 1.53. The van der Waals surface area contributed by atoms with Gasteiger partial charge in [0.05, 0.1) is 25.3 Å². The lowest BCUT2D eigenvalue weighted by molar-refractivity contribution is -0.115. The van der Waals surface area contributed by atoms with Crippen LogP contribution in [0.4, 0.5) is 4.79 Å². The van der Waals surface area contributed by atoms with Crippen LogP contribution < -0.4 is 25.8 Å². The molecule has 2 rings (SSSR count). The highest BCUT2D eigenvalue weighted by Gasteiger charge is 2.30. The van der Waals surface area contributed by atoms with Gasteiger partial charge in [-0.05, 0) is 31.5 Å². The van der Waals surface area contributed by atoms with Crippen LogP contribution in [-0.4, -0.2) is 25.7 Å². The standard InChI is InChI=1S/C15H19N3O4/c1-4-22-10-6-5-9(7-11(10)21-3)13-12(14(16)19)8(2)17-15(20)18-13/h5-7,13H,4H2,1-3H3,(H2,16,19)(H2,17,18,20). The molecule has 7 nitrogen and oxygen atoms in total. The van der Waals surface area contributed by atoms with E-state index in [9.17, 15) is 9.59 Å². The Kier molecular flexibility index (Phi) is 4.55. The van der Waals surface area contributed by atoms with Gasteiger partial charge in [-0.15, -0.1) is 0 Å². The number of allylic oxidation sites excluding steroid dienone is 1. The molecule has 1 aliphatic rings. The summed E-state index contributed by atoms with van der Waals surface area (Å²) in [4.78, 5) is 23.4. The average Bonchev–Trinajstić information content (AvgIpc) is 2.46. The maximum atomic E-state index is 11.7. The van der Waals surface area contributed by atoms with E-state index in [1.165, 1.54) is 7.11 Å². The van der Waals surface area contributed by atoms with Gasteiger partial charge in [0.1, 0.15) is 0 Å². The number of nitrogens with two attached hydrogens (primary N) is 1. The van der Waals surface area contributed by atoms with Crippen LogP contribution in [0.2, 0.25) is 0 Å². The third-order valence-corrected chi connectivity index (χ3v) is 3.36. The van der Waals surface area contributed by atoms with Crippen LogP contribution in [0.1, 0.15) is 25.5 Å². The third kappa shape index (κ3) is 2.98. The van der Waals surface area contributed by atoms with Crippen molar-refractivity contribution < 1.29 is 19.1 Å². The number of carbonyl (C=O) groups excluding carboxylic acids is 2. The van der Waals surface area contributed by atoms with Crippen LogP contribution in [0.5, 0.6) is 11.5 Å². The lowest BCUT2D eigenvalue weighted by Gasteiger charge is -2.28. The first-order chi connectivity index (χ1) is 10.5. The Morgan fingerprint density at radius 2 is 2.09 bits per heavy atom. The molecular formula is C15H19N3O4. The predicted octanol–water partition coefficient (Wildman–Crippen LogP) is 1.21. The lowest BCUT2D eigenvalue weighted by Crippen LogP contribution is -2.46. The Hall–Kier alpha value is -2.70. The molecule has 0 aliphatic carbocycles. The van der Waals surface area contributed by atoms with Gasteiger partial charge in [-0.25, -0.2) is 4.79 Å². The van der Waals surface area contributed by atoms with E-state index in [0.717, 1.165) is 0 Å². The zero-order chi connectivity index (χ0) is 16.3. The molecule has 7 heteroatoms. The van der Waals surface area contributed by atoms with Gasteiger partial charge in [0, 0.05) is 5.70 Å². The first-order valence-corrected chi connectivity index (χ1v) is 6.86. The molecule has 0 bridgehead atoms. The number of hydrogen-bond donors (Lipinski definition) is 3. The molecule has 1 unspecified atom stereocenters. The summed E-state index contributed by atoms with van der Waals surface area (Å²) < 4.78 is 10.8. The number of carbonyl (C=O) groups is 2. The van der Waals surface area contributed by atoms with Gasteiger partial charge in [-0.3, -0.25) is 4.79 Å². The minimum absolute atomic E-state index is 0.311. The first kappa shape index (κ1) is 15.7. The topological polar surface area (TPSA) is 103 Å². The summed E-state index contributed by atoms with van der Waals surface area (Å²) in [5.41, 5.74) is 6.87. The van der Waals surface area contributed by atoms with Gasteiger partial charge < -0.3 is 25.8 Å². The number of hydrogen-bond acceptors (Lipinski definition) is 4. The fourth-order valence-corrected chi connectivity index (χ4v) is 2.41. The molecule has 0 fully saturated rings. The third-order valence-electron chi connectivity index (χ3n) is 3.36. The summed E-state index contributed by atoms with van der Waals surface area (Å²) in [6.07, 6.45) is 0. The zero-order valence-corrected chi connectivity index (χ0v) is 12.7. The van der Waals surface area contributed by atoms with E-state index >= 15 is 0 Å². The molecule has 0 saturated carbocycles. The molecule has 0 saturated heterocycles. The van der Waals surface area contributed by atoms with Crippen LogP contribution in [0.3, 0.4) is 0 Å². The smallest absolute Gasteiger partial charge is 0.319 e. The molecule has 4 N–H and O–H groups in total. The number of nitrogens with one attached hydrogen (secondary N) is 2. The lowest BCUT2D eigenvalue weighted by atomic mass is 9.95.